The summed E-state index contributed by atoms with van der Waals surface area (Å²) in [5, 5.41) is 5.80. The molecule has 2 aromatic rings. The summed E-state index contributed by atoms with van der Waals surface area (Å²) >= 11 is 0. The third-order valence-electron chi connectivity index (χ3n) is 4.50. The smallest absolute Gasteiger partial charge is 0.315 e. The van der Waals surface area contributed by atoms with E-state index in [1.54, 1.807) is 24.3 Å². The fraction of sp³-hybridized carbons (Fsp3) is 0.333. The molecule has 0 saturated heterocycles. The van der Waals surface area contributed by atoms with Gasteiger partial charge in [-0.25, -0.2) is 4.79 Å². The van der Waals surface area contributed by atoms with Crippen LogP contribution >= 0.6 is 0 Å². The molecule has 0 spiro atoms. The summed E-state index contributed by atoms with van der Waals surface area (Å²) in [5.74, 6) is 0.384. The van der Waals surface area contributed by atoms with Gasteiger partial charge in [-0.2, -0.15) is 0 Å². The standard InChI is InChI=1S/C21H27N3O2/c1-15(2)19(12-16-6-4-3-5-7-16)14-24-21(26)23-13-17-8-10-18(11-9-17)20(22)25/h3-11,15,19H,12-14H2,1-2H3,(H2,22,25)(H2,23,24,26)/t19-/m1/s1. The van der Waals surface area contributed by atoms with E-state index in [4.69, 9.17) is 5.73 Å². The molecule has 2 aromatic carbocycles. The van der Waals surface area contributed by atoms with Crippen LogP contribution in [0.1, 0.15) is 35.3 Å². The van der Waals surface area contributed by atoms with Crippen LogP contribution < -0.4 is 16.4 Å². The first-order chi connectivity index (χ1) is 12.5. The summed E-state index contributed by atoms with van der Waals surface area (Å²) in [5.41, 5.74) is 7.86. The number of nitrogens with two attached hydrogens (primary N) is 1. The summed E-state index contributed by atoms with van der Waals surface area (Å²) < 4.78 is 0. The Hall–Kier alpha value is -2.82. The zero-order valence-corrected chi connectivity index (χ0v) is 15.4. The third-order valence-corrected chi connectivity index (χ3v) is 4.50. The van der Waals surface area contributed by atoms with Crippen LogP contribution in [0.5, 0.6) is 0 Å². The third kappa shape index (κ3) is 6.24. The van der Waals surface area contributed by atoms with E-state index in [0.29, 0.717) is 30.5 Å². The average molecular weight is 353 g/mol. The van der Waals surface area contributed by atoms with Crippen LogP contribution in [0.4, 0.5) is 4.79 Å². The summed E-state index contributed by atoms with van der Waals surface area (Å²) in [4.78, 5) is 23.1. The molecule has 0 aliphatic rings. The summed E-state index contributed by atoms with van der Waals surface area (Å²) in [7, 11) is 0. The Bertz CT molecular complexity index is 712. The van der Waals surface area contributed by atoms with Crippen LogP contribution in [-0.4, -0.2) is 18.5 Å². The Balaban J connectivity index is 1.79. The van der Waals surface area contributed by atoms with E-state index < -0.39 is 5.91 Å². The maximum atomic E-state index is 12.1. The first kappa shape index (κ1) is 19.5. The van der Waals surface area contributed by atoms with E-state index >= 15 is 0 Å². The minimum Gasteiger partial charge on any atom is -0.366 e. The first-order valence-corrected chi connectivity index (χ1v) is 8.90. The Labute approximate surface area is 155 Å². The topological polar surface area (TPSA) is 84.2 Å². The minimum atomic E-state index is -0.458. The van der Waals surface area contributed by atoms with Gasteiger partial charge in [-0.15, -0.1) is 0 Å². The average Bonchev–Trinajstić information content (AvgIpc) is 2.64. The van der Waals surface area contributed by atoms with Gasteiger partial charge in [-0.1, -0.05) is 56.3 Å². The van der Waals surface area contributed by atoms with E-state index in [-0.39, 0.29) is 6.03 Å². The number of primary amides is 1. The molecule has 5 heteroatoms. The van der Waals surface area contributed by atoms with Crippen LogP contribution in [0.15, 0.2) is 54.6 Å². The highest BCUT2D eigenvalue weighted by Crippen LogP contribution is 2.16. The number of urea groups is 1. The van der Waals surface area contributed by atoms with Crippen molar-refractivity contribution in [2.24, 2.45) is 17.6 Å². The van der Waals surface area contributed by atoms with Crippen LogP contribution in [0, 0.1) is 11.8 Å². The molecule has 0 saturated carbocycles. The molecule has 138 valence electrons. The first-order valence-electron chi connectivity index (χ1n) is 8.90. The van der Waals surface area contributed by atoms with Crippen LogP contribution in [0.3, 0.4) is 0 Å². The van der Waals surface area contributed by atoms with Gasteiger partial charge >= 0.3 is 6.03 Å². The second-order valence-corrected chi connectivity index (χ2v) is 6.82. The lowest BCUT2D eigenvalue weighted by Crippen LogP contribution is -2.39. The molecule has 0 bridgehead atoms. The minimum absolute atomic E-state index is 0.192. The maximum absolute atomic E-state index is 12.1. The summed E-state index contributed by atoms with van der Waals surface area (Å²) in [6.07, 6.45) is 0.938. The van der Waals surface area contributed by atoms with Gasteiger partial charge in [0.1, 0.15) is 0 Å². The second kappa shape index (κ2) is 9.61. The quantitative estimate of drug-likeness (QED) is 0.681. The zero-order chi connectivity index (χ0) is 18.9. The molecule has 26 heavy (non-hydrogen) atoms. The number of hydrogen-bond donors (Lipinski definition) is 3. The van der Waals surface area contributed by atoms with Crippen molar-refractivity contribution in [1.29, 1.82) is 0 Å². The molecular formula is C21H27N3O2. The number of carbonyl (C=O) groups excluding carboxylic acids is 2. The SMILES string of the molecule is CC(C)[C@@H](CNC(=O)NCc1ccc(C(N)=O)cc1)Cc1ccccc1. The molecule has 0 aromatic heterocycles. The highest BCUT2D eigenvalue weighted by atomic mass is 16.2. The highest BCUT2D eigenvalue weighted by molar-refractivity contribution is 5.92. The second-order valence-electron chi connectivity index (χ2n) is 6.82. The molecule has 0 fully saturated rings. The zero-order valence-electron chi connectivity index (χ0n) is 15.4. The Morgan fingerprint density at radius 2 is 1.58 bits per heavy atom. The molecule has 0 unspecified atom stereocenters. The van der Waals surface area contributed by atoms with Gasteiger partial charge in [-0.05, 0) is 41.5 Å². The number of rotatable bonds is 8. The van der Waals surface area contributed by atoms with E-state index in [1.165, 1.54) is 5.56 Å². The lowest BCUT2D eigenvalue weighted by molar-refractivity contribution is 0.1000. The highest BCUT2D eigenvalue weighted by Gasteiger charge is 2.15. The fourth-order valence-electron chi connectivity index (χ4n) is 2.72. The van der Waals surface area contributed by atoms with Crippen LogP contribution in [0.25, 0.3) is 0 Å². The maximum Gasteiger partial charge on any atom is 0.315 e. The summed E-state index contributed by atoms with van der Waals surface area (Å²) in [6, 6.07) is 17.0. The van der Waals surface area contributed by atoms with E-state index in [2.05, 4.69) is 36.6 Å². The molecule has 0 heterocycles. The van der Waals surface area contributed by atoms with Crippen molar-refractivity contribution < 1.29 is 9.59 Å². The molecular weight excluding hydrogens is 326 g/mol. The number of hydrogen-bond acceptors (Lipinski definition) is 2. The molecule has 1 atom stereocenters. The van der Waals surface area contributed by atoms with Crippen LogP contribution in [-0.2, 0) is 13.0 Å². The van der Waals surface area contributed by atoms with E-state index in [0.717, 1.165) is 12.0 Å². The lowest BCUT2D eigenvalue weighted by atomic mass is 9.89. The molecule has 0 radical (unpaired) electrons. The van der Waals surface area contributed by atoms with E-state index in [9.17, 15) is 9.59 Å². The van der Waals surface area contributed by atoms with Crippen molar-refractivity contribution in [3.05, 3.63) is 71.3 Å². The molecule has 4 N–H and O–H groups in total. The van der Waals surface area contributed by atoms with Crippen molar-refractivity contribution in [2.45, 2.75) is 26.8 Å². The predicted molar refractivity (Wildman–Crippen MR) is 104 cm³/mol. The van der Waals surface area contributed by atoms with Gasteiger partial charge < -0.3 is 16.4 Å². The van der Waals surface area contributed by atoms with Gasteiger partial charge in [0.15, 0.2) is 0 Å². The van der Waals surface area contributed by atoms with Gasteiger partial charge in [0.25, 0.3) is 0 Å². The van der Waals surface area contributed by atoms with Crippen LogP contribution in [0.2, 0.25) is 0 Å². The van der Waals surface area contributed by atoms with Crippen molar-refractivity contribution in [2.75, 3.05) is 6.54 Å². The van der Waals surface area contributed by atoms with Crippen molar-refractivity contribution in [3.8, 4) is 0 Å². The van der Waals surface area contributed by atoms with Gasteiger partial charge in [0, 0.05) is 18.7 Å². The predicted octanol–water partition coefficient (Wildman–Crippen LogP) is 3.10. The molecule has 0 aliphatic heterocycles. The Morgan fingerprint density at radius 1 is 0.923 bits per heavy atom. The Morgan fingerprint density at radius 3 is 2.15 bits per heavy atom. The largest absolute Gasteiger partial charge is 0.366 e. The van der Waals surface area contributed by atoms with Crippen molar-refractivity contribution in [3.63, 3.8) is 0 Å². The van der Waals surface area contributed by atoms with Gasteiger partial charge in [-0.3, -0.25) is 4.79 Å². The molecule has 3 amide bonds. The van der Waals surface area contributed by atoms with Crippen molar-refractivity contribution in [1.82, 2.24) is 10.6 Å². The number of amides is 3. The normalized spacial score (nSPS) is 11.8. The van der Waals surface area contributed by atoms with Crippen molar-refractivity contribution >= 4 is 11.9 Å². The summed E-state index contributed by atoms with van der Waals surface area (Å²) in [6.45, 7) is 5.37. The lowest BCUT2D eigenvalue weighted by Gasteiger charge is -2.21. The number of carbonyl (C=O) groups is 2. The number of nitrogens with one attached hydrogen (secondary N) is 2. The van der Waals surface area contributed by atoms with E-state index in [1.807, 2.05) is 18.2 Å². The van der Waals surface area contributed by atoms with Gasteiger partial charge in [0.2, 0.25) is 5.91 Å². The number of benzene rings is 2. The molecule has 0 aliphatic carbocycles. The molecule has 5 nitrogen and oxygen atoms in total. The monoisotopic (exact) mass is 353 g/mol. The Kier molecular flexibility index (Phi) is 7.21. The fourth-order valence-corrected chi connectivity index (χ4v) is 2.72. The molecule has 2 rings (SSSR count). The van der Waals surface area contributed by atoms with Gasteiger partial charge in [0.05, 0.1) is 0 Å².